The molecule has 3 rings (SSSR count). The van der Waals surface area contributed by atoms with Gasteiger partial charge in [0, 0.05) is 19.5 Å². The molecule has 7 nitrogen and oxygen atoms in total. The summed E-state index contributed by atoms with van der Waals surface area (Å²) in [6, 6.07) is 25.8. The Morgan fingerprint density at radius 2 is 1.32 bits per heavy atom. The number of hydrogen-bond acceptors (Lipinski definition) is 3. The van der Waals surface area contributed by atoms with Crippen LogP contribution < -0.4 is 5.32 Å². The van der Waals surface area contributed by atoms with E-state index in [0.717, 1.165) is 36.0 Å². The zero-order valence-corrected chi connectivity index (χ0v) is 23.3. The lowest BCUT2D eigenvalue weighted by atomic mass is 9.98. The summed E-state index contributed by atoms with van der Waals surface area (Å²) in [5, 5.41) is 22.4. The molecular formula is C33H40N2O5. The van der Waals surface area contributed by atoms with E-state index in [9.17, 15) is 24.6 Å². The Morgan fingerprint density at radius 1 is 0.725 bits per heavy atom. The van der Waals surface area contributed by atoms with Gasteiger partial charge in [0.2, 0.25) is 0 Å². The number of urea groups is 1. The van der Waals surface area contributed by atoms with Crippen molar-refractivity contribution < 1.29 is 24.6 Å². The van der Waals surface area contributed by atoms with Gasteiger partial charge in [-0.15, -0.1) is 0 Å². The molecule has 212 valence electrons. The summed E-state index contributed by atoms with van der Waals surface area (Å²) in [4.78, 5) is 38.8. The minimum absolute atomic E-state index is 0.0306. The molecule has 0 bridgehead atoms. The van der Waals surface area contributed by atoms with Gasteiger partial charge in [0.1, 0.15) is 6.04 Å². The zero-order valence-electron chi connectivity index (χ0n) is 23.3. The third-order valence-corrected chi connectivity index (χ3v) is 6.87. The van der Waals surface area contributed by atoms with Gasteiger partial charge in [-0.25, -0.2) is 9.59 Å². The lowest BCUT2D eigenvalue weighted by molar-refractivity contribution is -0.143. The summed E-state index contributed by atoms with van der Waals surface area (Å²) in [5.74, 6) is -2.73. The van der Waals surface area contributed by atoms with Crippen LogP contribution in [0.1, 0.15) is 44.2 Å². The Hall–Kier alpha value is -4.13. The number of carboxylic acid groups (broad SMARTS) is 2. The molecule has 40 heavy (non-hydrogen) atoms. The summed E-state index contributed by atoms with van der Waals surface area (Å²) >= 11 is 0. The molecule has 0 aliphatic rings. The number of carboxylic acids is 2. The molecule has 0 saturated carbocycles. The Bertz CT molecular complexity index is 1210. The fraction of sp³-hybridized carbons (Fsp3) is 0.364. The lowest BCUT2D eigenvalue weighted by Crippen LogP contribution is -2.51. The van der Waals surface area contributed by atoms with Gasteiger partial charge in [-0.3, -0.25) is 4.79 Å². The molecule has 0 aromatic heterocycles. The third kappa shape index (κ3) is 9.88. The van der Waals surface area contributed by atoms with Gasteiger partial charge in [-0.1, -0.05) is 105 Å². The number of carbonyl (C=O) groups is 3. The summed E-state index contributed by atoms with van der Waals surface area (Å²) in [5.41, 5.74) is 4.08. The number of aliphatic carboxylic acids is 2. The van der Waals surface area contributed by atoms with E-state index in [-0.39, 0.29) is 18.9 Å². The maximum atomic E-state index is 13.3. The maximum Gasteiger partial charge on any atom is 0.326 e. The van der Waals surface area contributed by atoms with Crippen LogP contribution in [0.15, 0.2) is 84.9 Å². The van der Waals surface area contributed by atoms with Crippen molar-refractivity contribution in [1.29, 1.82) is 0 Å². The van der Waals surface area contributed by atoms with Crippen LogP contribution in [0.3, 0.4) is 0 Å². The molecule has 3 N–H and O–H groups in total. The lowest BCUT2D eigenvalue weighted by Gasteiger charge is -2.29. The highest BCUT2D eigenvalue weighted by Gasteiger charge is 2.28. The van der Waals surface area contributed by atoms with Crippen molar-refractivity contribution in [2.24, 2.45) is 11.8 Å². The van der Waals surface area contributed by atoms with E-state index in [1.54, 1.807) is 0 Å². The van der Waals surface area contributed by atoms with E-state index in [0.29, 0.717) is 13.0 Å². The largest absolute Gasteiger partial charge is 0.481 e. The summed E-state index contributed by atoms with van der Waals surface area (Å²) in [6.07, 6.45) is 3.01. The second-order valence-corrected chi connectivity index (χ2v) is 10.7. The number of unbranched alkanes of at least 4 members (excludes halogenated alkanes) is 1. The van der Waals surface area contributed by atoms with Gasteiger partial charge in [0.25, 0.3) is 0 Å². The third-order valence-electron chi connectivity index (χ3n) is 6.87. The van der Waals surface area contributed by atoms with Gasteiger partial charge in [-0.2, -0.15) is 0 Å². The number of aryl methyl sites for hydroxylation is 1. The van der Waals surface area contributed by atoms with Crippen molar-refractivity contribution in [1.82, 2.24) is 10.2 Å². The van der Waals surface area contributed by atoms with Gasteiger partial charge >= 0.3 is 18.0 Å². The number of amides is 2. The molecule has 0 fully saturated rings. The van der Waals surface area contributed by atoms with Crippen LogP contribution in [0.4, 0.5) is 4.79 Å². The van der Waals surface area contributed by atoms with Crippen LogP contribution in [0, 0.1) is 11.8 Å². The summed E-state index contributed by atoms with van der Waals surface area (Å²) in [6.45, 7) is 4.25. The second kappa shape index (κ2) is 15.5. The van der Waals surface area contributed by atoms with E-state index < -0.39 is 29.9 Å². The molecule has 0 aliphatic carbocycles. The first kappa shape index (κ1) is 30.4. The van der Waals surface area contributed by atoms with Crippen LogP contribution in [0.5, 0.6) is 0 Å². The van der Waals surface area contributed by atoms with Crippen molar-refractivity contribution in [2.45, 2.75) is 52.0 Å². The highest BCUT2D eigenvalue weighted by molar-refractivity contribution is 5.83. The van der Waals surface area contributed by atoms with Gasteiger partial charge < -0.3 is 20.4 Å². The van der Waals surface area contributed by atoms with Crippen molar-refractivity contribution in [2.75, 3.05) is 13.1 Å². The maximum absolute atomic E-state index is 13.3. The quantitative estimate of drug-likeness (QED) is 0.200. The topological polar surface area (TPSA) is 107 Å². The fourth-order valence-corrected chi connectivity index (χ4v) is 4.74. The Morgan fingerprint density at radius 3 is 1.90 bits per heavy atom. The smallest absolute Gasteiger partial charge is 0.326 e. The van der Waals surface area contributed by atoms with Crippen molar-refractivity contribution in [3.05, 3.63) is 96.1 Å². The summed E-state index contributed by atoms with van der Waals surface area (Å²) in [7, 11) is 0. The number of carbonyl (C=O) groups excluding carboxylic acids is 1. The molecule has 2 amide bonds. The van der Waals surface area contributed by atoms with E-state index >= 15 is 0 Å². The molecule has 0 heterocycles. The number of hydrogen-bond donors (Lipinski definition) is 3. The number of nitrogens with one attached hydrogen (secondary N) is 1. The molecule has 3 aromatic carbocycles. The second-order valence-electron chi connectivity index (χ2n) is 10.7. The molecule has 0 aliphatic heterocycles. The minimum Gasteiger partial charge on any atom is -0.481 e. The minimum atomic E-state index is -1.14. The van der Waals surface area contributed by atoms with E-state index in [1.807, 2.05) is 86.6 Å². The first-order valence-corrected chi connectivity index (χ1v) is 13.9. The molecule has 1 unspecified atom stereocenters. The highest BCUT2D eigenvalue weighted by Crippen LogP contribution is 2.20. The van der Waals surface area contributed by atoms with Crippen LogP contribution in [-0.4, -0.2) is 52.2 Å². The van der Waals surface area contributed by atoms with Gasteiger partial charge in [0.15, 0.2) is 0 Å². The van der Waals surface area contributed by atoms with Crippen molar-refractivity contribution in [3.63, 3.8) is 0 Å². The molecule has 7 heteroatoms. The molecule has 0 saturated heterocycles. The van der Waals surface area contributed by atoms with Crippen molar-refractivity contribution >= 4 is 18.0 Å². The standard InChI is InChI=1S/C33H40N2O5/c1-24(2)22-35(23-29(31(36)37)16-10-9-13-25-11-5-3-6-12-25)33(40)34-30(32(38)39)21-26-17-19-28(20-18-26)27-14-7-4-8-15-27/h3-8,11-12,14-15,17-20,24,29-30H,9-10,13,16,21-23H2,1-2H3,(H,34,40)(H,36,37)(H,38,39)/t29?,30-/m0/s1. The SMILES string of the molecule is CC(C)CN(CC(CCCCc1ccccc1)C(=O)O)C(=O)N[C@@H](Cc1ccc(-c2ccccc2)cc1)C(=O)O. The number of rotatable bonds is 15. The monoisotopic (exact) mass is 544 g/mol. The Balaban J connectivity index is 1.61. The van der Waals surface area contributed by atoms with E-state index in [2.05, 4.69) is 17.4 Å². The van der Waals surface area contributed by atoms with Crippen LogP contribution in [0.2, 0.25) is 0 Å². The van der Waals surface area contributed by atoms with Crippen LogP contribution >= 0.6 is 0 Å². The molecular weight excluding hydrogens is 504 g/mol. The molecule has 0 spiro atoms. The predicted octanol–water partition coefficient (Wildman–Crippen LogP) is 6.13. The average Bonchev–Trinajstić information content (AvgIpc) is 2.94. The number of benzene rings is 3. The Kier molecular flexibility index (Phi) is 11.8. The normalized spacial score (nSPS) is 12.5. The molecule has 0 radical (unpaired) electrons. The van der Waals surface area contributed by atoms with Crippen molar-refractivity contribution in [3.8, 4) is 11.1 Å². The first-order valence-electron chi connectivity index (χ1n) is 13.9. The van der Waals surface area contributed by atoms with Gasteiger partial charge in [-0.05, 0) is 47.4 Å². The van der Waals surface area contributed by atoms with E-state index in [1.165, 1.54) is 10.5 Å². The van der Waals surface area contributed by atoms with E-state index in [4.69, 9.17) is 0 Å². The first-order chi connectivity index (χ1) is 19.2. The fourth-order valence-electron chi connectivity index (χ4n) is 4.74. The highest BCUT2D eigenvalue weighted by atomic mass is 16.4. The van der Waals surface area contributed by atoms with Gasteiger partial charge in [0.05, 0.1) is 5.92 Å². The molecule has 2 atom stereocenters. The Labute approximate surface area is 236 Å². The summed E-state index contributed by atoms with van der Waals surface area (Å²) < 4.78 is 0. The van der Waals surface area contributed by atoms with Crippen LogP contribution in [-0.2, 0) is 22.4 Å². The van der Waals surface area contributed by atoms with Crippen LogP contribution in [0.25, 0.3) is 11.1 Å². The zero-order chi connectivity index (χ0) is 28.9. The predicted molar refractivity (Wildman–Crippen MR) is 157 cm³/mol. The average molecular weight is 545 g/mol. The molecule has 3 aromatic rings. The number of nitrogens with zero attached hydrogens (tertiary/aromatic N) is 1.